The second-order valence-electron chi connectivity index (χ2n) is 5.36. The molecule has 1 atom stereocenters. The fraction of sp³-hybridized carbons (Fsp3) is 0.167. The molecule has 0 saturated carbocycles. The van der Waals surface area contributed by atoms with Crippen LogP contribution < -0.4 is 15.4 Å². The summed E-state index contributed by atoms with van der Waals surface area (Å²) in [5.41, 5.74) is 7.16. The fourth-order valence-electron chi connectivity index (χ4n) is 2.50. The first kappa shape index (κ1) is 17.0. The van der Waals surface area contributed by atoms with E-state index in [9.17, 15) is 9.59 Å². The predicted octanol–water partition coefficient (Wildman–Crippen LogP) is 2.71. The number of amides is 2. The van der Waals surface area contributed by atoms with E-state index in [0.717, 1.165) is 11.8 Å². The van der Waals surface area contributed by atoms with Crippen molar-refractivity contribution in [1.29, 1.82) is 0 Å². The maximum Gasteiger partial charge on any atom is 0.247 e. The molecule has 2 aromatic carbocycles. The summed E-state index contributed by atoms with van der Waals surface area (Å²) < 4.78 is 5.09. The molecule has 1 fully saturated rings. The molecule has 3 rings (SSSR count). The zero-order valence-electron chi connectivity index (χ0n) is 13.6. The number of carbonyl (C=O) groups excluding carboxylic acids is 2. The molecule has 0 bridgehead atoms. The smallest absolute Gasteiger partial charge is 0.247 e. The van der Waals surface area contributed by atoms with Gasteiger partial charge in [0.05, 0.1) is 18.5 Å². The molecule has 128 valence electrons. The summed E-state index contributed by atoms with van der Waals surface area (Å²) >= 11 is 1.11. The highest BCUT2D eigenvalue weighted by Gasteiger charge is 2.40. The molecule has 1 unspecified atom stereocenters. The van der Waals surface area contributed by atoms with Gasteiger partial charge in [-0.3, -0.25) is 9.59 Å². The van der Waals surface area contributed by atoms with Gasteiger partial charge in [0.25, 0.3) is 0 Å². The van der Waals surface area contributed by atoms with Gasteiger partial charge in [0.15, 0.2) is 5.17 Å². The molecule has 1 aliphatic heterocycles. The molecule has 6 nitrogen and oxygen atoms in total. The zero-order chi connectivity index (χ0) is 17.8. The molecule has 1 heterocycles. The van der Waals surface area contributed by atoms with Gasteiger partial charge in [-0.15, -0.1) is 0 Å². The minimum absolute atomic E-state index is 0.0978. The van der Waals surface area contributed by atoms with Gasteiger partial charge in [0, 0.05) is 6.42 Å². The van der Waals surface area contributed by atoms with Gasteiger partial charge < -0.3 is 10.5 Å². The number of aliphatic imine (C=N–C) groups is 1. The van der Waals surface area contributed by atoms with Crippen molar-refractivity contribution in [3.63, 3.8) is 0 Å². The van der Waals surface area contributed by atoms with Crippen LogP contribution in [-0.2, 0) is 9.59 Å². The van der Waals surface area contributed by atoms with E-state index in [2.05, 4.69) is 4.99 Å². The number of hydrogen-bond donors (Lipinski definition) is 1. The number of ether oxygens (including phenoxy) is 1. The number of rotatable bonds is 4. The Balaban J connectivity index is 1.73. The standard InChI is InChI=1S/C18H17N3O3S/c1-24-14-9-7-13(8-10-14)21-16(22)11-15(17(21)23)25-18(19)20-12-5-3-2-4-6-12/h2-10,15H,11H2,1H3,(H2,19,20). The van der Waals surface area contributed by atoms with Crippen LogP contribution in [0.5, 0.6) is 5.75 Å². The van der Waals surface area contributed by atoms with Gasteiger partial charge in [-0.2, -0.15) is 0 Å². The molecule has 25 heavy (non-hydrogen) atoms. The minimum atomic E-state index is -0.568. The highest BCUT2D eigenvalue weighted by atomic mass is 32.2. The summed E-state index contributed by atoms with van der Waals surface area (Å²) in [5.74, 6) is 0.125. The van der Waals surface area contributed by atoms with Crippen LogP contribution >= 0.6 is 11.8 Å². The van der Waals surface area contributed by atoms with E-state index in [1.165, 1.54) is 4.90 Å². The van der Waals surface area contributed by atoms with Crippen LogP contribution in [0.2, 0.25) is 0 Å². The lowest BCUT2D eigenvalue weighted by Crippen LogP contribution is -2.31. The average Bonchev–Trinajstić information content (AvgIpc) is 2.89. The Kier molecular flexibility index (Phi) is 5.04. The van der Waals surface area contributed by atoms with Crippen molar-refractivity contribution in [2.45, 2.75) is 11.7 Å². The number of nitrogens with zero attached hydrogens (tertiary/aromatic N) is 2. The number of carbonyl (C=O) groups is 2. The van der Waals surface area contributed by atoms with Gasteiger partial charge in [-0.05, 0) is 36.4 Å². The zero-order valence-corrected chi connectivity index (χ0v) is 14.4. The van der Waals surface area contributed by atoms with Crippen molar-refractivity contribution in [3.8, 4) is 5.75 Å². The van der Waals surface area contributed by atoms with E-state index in [4.69, 9.17) is 10.5 Å². The largest absolute Gasteiger partial charge is 0.497 e. The molecule has 2 amide bonds. The van der Waals surface area contributed by atoms with Crippen molar-refractivity contribution < 1.29 is 14.3 Å². The van der Waals surface area contributed by atoms with E-state index in [1.54, 1.807) is 31.4 Å². The van der Waals surface area contributed by atoms with Crippen LogP contribution in [0.3, 0.4) is 0 Å². The third-order valence-electron chi connectivity index (χ3n) is 3.69. The summed E-state index contributed by atoms with van der Waals surface area (Å²) in [6, 6.07) is 16.0. The Morgan fingerprint density at radius 1 is 1.16 bits per heavy atom. The van der Waals surface area contributed by atoms with Crippen LogP contribution in [-0.4, -0.2) is 29.3 Å². The summed E-state index contributed by atoms with van der Waals surface area (Å²) in [6.07, 6.45) is 0.0978. The number of hydrogen-bond acceptors (Lipinski definition) is 5. The molecule has 1 aliphatic rings. The highest BCUT2D eigenvalue weighted by molar-refractivity contribution is 8.15. The van der Waals surface area contributed by atoms with Crippen molar-refractivity contribution in [1.82, 2.24) is 0 Å². The van der Waals surface area contributed by atoms with Crippen molar-refractivity contribution in [3.05, 3.63) is 54.6 Å². The van der Waals surface area contributed by atoms with Crippen LogP contribution in [0.4, 0.5) is 11.4 Å². The van der Waals surface area contributed by atoms with Crippen molar-refractivity contribution in [2.24, 2.45) is 10.7 Å². The second-order valence-corrected chi connectivity index (χ2v) is 6.58. The third-order valence-corrected chi connectivity index (χ3v) is 4.68. The van der Waals surface area contributed by atoms with E-state index in [1.807, 2.05) is 30.3 Å². The molecule has 0 aliphatic carbocycles. The lowest BCUT2D eigenvalue weighted by molar-refractivity contribution is -0.121. The topological polar surface area (TPSA) is 85.0 Å². The first-order valence-corrected chi connectivity index (χ1v) is 8.53. The van der Waals surface area contributed by atoms with E-state index in [0.29, 0.717) is 17.1 Å². The number of benzene rings is 2. The molecule has 7 heteroatoms. The number of methoxy groups -OCH3 is 1. The Labute approximate surface area is 149 Å². The van der Waals surface area contributed by atoms with Gasteiger partial charge in [-0.1, -0.05) is 30.0 Å². The van der Waals surface area contributed by atoms with Gasteiger partial charge >= 0.3 is 0 Å². The van der Waals surface area contributed by atoms with Crippen LogP contribution in [0.1, 0.15) is 6.42 Å². The number of amidine groups is 1. The van der Waals surface area contributed by atoms with Crippen LogP contribution in [0, 0.1) is 0 Å². The SMILES string of the molecule is COc1ccc(N2C(=O)CC(SC(N)=Nc3ccccc3)C2=O)cc1. The molecule has 2 aromatic rings. The predicted molar refractivity (Wildman–Crippen MR) is 99.2 cm³/mol. The molecule has 0 spiro atoms. The average molecular weight is 355 g/mol. The Hall–Kier alpha value is -2.80. The van der Waals surface area contributed by atoms with Gasteiger partial charge in [-0.25, -0.2) is 9.89 Å². The number of thioether (sulfide) groups is 1. The molecule has 0 aromatic heterocycles. The Bertz CT molecular complexity index is 806. The van der Waals surface area contributed by atoms with Crippen LogP contribution in [0.25, 0.3) is 0 Å². The first-order chi connectivity index (χ1) is 12.1. The van der Waals surface area contributed by atoms with E-state index < -0.39 is 5.25 Å². The van der Waals surface area contributed by atoms with Crippen molar-refractivity contribution in [2.75, 3.05) is 12.0 Å². The normalized spacial score (nSPS) is 17.9. The molecule has 0 radical (unpaired) electrons. The maximum absolute atomic E-state index is 12.6. The monoisotopic (exact) mass is 355 g/mol. The van der Waals surface area contributed by atoms with Crippen molar-refractivity contribution >= 4 is 40.1 Å². The lowest BCUT2D eigenvalue weighted by Gasteiger charge is -2.15. The third kappa shape index (κ3) is 3.83. The molecular formula is C18H17N3O3S. The fourth-order valence-corrected chi connectivity index (χ4v) is 3.38. The van der Waals surface area contributed by atoms with E-state index >= 15 is 0 Å². The molecular weight excluding hydrogens is 338 g/mol. The number of anilines is 1. The minimum Gasteiger partial charge on any atom is -0.497 e. The summed E-state index contributed by atoms with van der Waals surface area (Å²) in [6.45, 7) is 0. The Morgan fingerprint density at radius 2 is 1.84 bits per heavy atom. The number of para-hydroxylation sites is 1. The highest BCUT2D eigenvalue weighted by Crippen LogP contribution is 2.31. The summed E-state index contributed by atoms with van der Waals surface area (Å²) in [4.78, 5) is 30.3. The Morgan fingerprint density at radius 3 is 2.48 bits per heavy atom. The molecule has 1 saturated heterocycles. The number of nitrogens with two attached hydrogens (primary N) is 1. The van der Waals surface area contributed by atoms with E-state index in [-0.39, 0.29) is 23.4 Å². The summed E-state index contributed by atoms with van der Waals surface area (Å²) in [7, 11) is 1.56. The van der Waals surface area contributed by atoms with Gasteiger partial charge in [0.1, 0.15) is 11.0 Å². The second kappa shape index (κ2) is 7.40. The molecule has 2 N–H and O–H groups in total. The quantitative estimate of drug-likeness (QED) is 0.518. The maximum atomic E-state index is 12.6. The lowest BCUT2D eigenvalue weighted by atomic mass is 10.3. The first-order valence-electron chi connectivity index (χ1n) is 7.65. The van der Waals surface area contributed by atoms with Gasteiger partial charge in [0.2, 0.25) is 11.8 Å². The van der Waals surface area contributed by atoms with Crippen LogP contribution in [0.15, 0.2) is 59.6 Å². The summed E-state index contributed by atoms with van der Waals surface area (Å²) in [5, 5.41) is -0.309. The number of imide groups is 1.